The normalized spacial score (nSPS) is 12.0. The van der Waals surface area contributed by atoms with E-state index < -0.39 is 0 Å². The van der Waals surface area contributed by atoms with E-state index in [0.717, 1.165) is 33.1 Å². The Morgan fingerprint density at radius 3 is 2.06 bits per heavy atom. The van der Waals surface area contributed by atoms with E-state index in [-0.39, 0.29) is 5.75 Å². The molecule has 1 N–H and O–H groups in total. The van der Waals surface area contributed by atoms with Crippen LogP contribution in [0, 0.1) is 0 Å². The molecule has 0 aliphatic heterocycles. The van der Waals surface area contributed by atoms with Gasteiger partial charge in [0.25, 0.3) is 0 Å². The summed E-state index contributed by atoms with van der Waals surface area (Å²) in [6.45, 7) is 0. The Kier molecular flexibility index (Phi) is 3.84. The van der Waals surface area contributed by atoms with Gasteiger partial charge in [0.15, 0.2) is 0 Å². The zero-order valence-corrected chi connectivity index (χ0v) is 19.3. The van der Waals surface area contributed by atoms with Gasteiger partial charge in [0.05, 0.1) is 0 Å². The minimum Gasteiger partial charge on any atom is -0.508 e. The zero-order valence-electron chi connectivity index (χ0n) is 19.3. The molecule has 0 radical (unpaired) electrons. The Bertz CT molecular complexity index is 2100. The van der Waals surface area contributed by atoms with Crippen molar-refractivity contribution in [3.63, 3.8) is 0 Å². The largest absolute Gasteiger partial charge is 0.508 e. The molecule has 0 saturated carbocycles. The van der Waals surface area contributed by atoms with E-state index >= 15 is 0 Å². The summed E-state index contributed by atoms with van der Waals surface area (Å²) in [4.78, 5) is 0. The lowest BCUT2D eigenvalue weighted by molar-refractivity contribution is 0.475. The van der Waals surface area contributed by atoms with E-state index in [1.54, 1.807) is 12.1 Å². The minimum atomic E-state index is 0.273. The molecule has 1 heterocycles. The summed E-state index contributed by atoms with van der Waals surface area (Å²) in [5.74, 6) is 0.273. The second kappa shape index (κ2) is 7.10. The lowest BCUT2D eigenvalue weighted by Gasteiger charge is -2.18. The molecule has 2 nitrogen and oxygen atoms in total. The molecule has 0 saturated heterocycles. The second-order valence-corrected chi connectivity index (χ2v) is 9.45. The number of aromatic hydroxyl groups is 1. The van der Waals surface area contributed by atoms with E-state index in [1.807, 2.05) is 18.2 Å². The van der Waals surface area contributed by atoms with E-state index in [1.165, 1.54) is 43.4 Å². The predicted octanol–water partition coefficient (Wildman–Crippen LogP) is 9.52. The van der Waals surface area contributed by atoms with Crippen LogP contribution in [0.5, 0.6) is 5.75 Å². The van der Waals surface area contributed by atoms with Crippen molar-refractivity contribution < 1.29 is 9.52 Å². The average Bonchev–Trinajstić information content (AvgIpc) is 3.33. The first-order valence-electron chi connectivity index (χ1n) is 12.2. The molecule has 0 bridgehead atoms. The maximum absolute atomic E-state index is 9.84. The van der Waals surface area contributed by atoms with Crippen LogP contribution in [0.15, 0.2) is 120 Å². The maximum Gasteiger partial charge on any atom is 0.143 e. The van der Waals surface area contributed by atoms with E-state index in [4.69, 9.17) is 4.42 Å². The molecule has 7 aromatic carbocycles. The number of hydrogen-bond donors (Lipinski definition) is 1. The third kappa shape index (κ3) is 2.56. The number of furan rings is 1. The van der Waals surface area contributed by atoms with Gasteiger partial charge in [0.2, 0.25) is 0 Å². The Balaban J connectivity index is 1.57. The third-order valence-electron chi connectivity index (χ3n) is 7.51. The van der Waals surface area contributed by atoms with Crippen LogP contribution in [-0.4, -0.2) is 5.11 Å². The summed E-state index contributed by atoms with van der Waals surface area (Å²) in [6, 6.07) is 39.8. The van der Waals surface area contributed by atoms with Gasteiger partial charge in [-0.25, -0.2) is 0 Å². The predicted molar refractivity (Wildman–Crippen MR) is 150 cm³/mol. The van der Waals surface area contributed by atoms with Crippen molar-refractivity contribution in [2.75, 3.05) is 0 Å². The molecule has 0 atom stereocenters. The zero-order chi connectivity index (χ0) is 23.8. The van der Waals surface area contributed by atoms with E-state index in [9.17, 15) is 5.11 Å². The highest BCUT2D eigenvalue weighted by Crippen LogP contribution is 2.47. The van der Waals surface area contributed by atoms with Crippen molar-refractivity contribution in [1.29, 1.82) is 0 Å². The summed E-state index contributed by atoms with van der Waals surface area (Å²) >= 11 is 0. The summed E-state index contributed by atoms with van der Waals surface area (Å²) in [5.41, 5.74) is 6.48. The number of phenols is 1. The topological polar surface area (TPSA) is 33.4 Å². The molecule has 2 heteroatoms. The van der Waals surface area contributed by atoms with E-state index in [0.29, 0.717) is 0 Å². The highest BCUT2D eigenvalue weighted by atomic mass is 16.3. The van der Waals surface area contributed by atoms with Crippen molar-refractivity contribution in [3.8, 4) is 28.0 Å². The Morgan fingerprint density at radius 2 is 1.17 bits per heavy atom. The molecule has 8 rings (SSSR count). The fourth-order valence-electron chi connectivity index (χ4n) is 5.98. The van der Waals surface area contributed by atoms with Crippen LogP contribution < -0.4 is 0 Å². The highest BCUT2D eigenvalue weighted by molar-refractivity contribution is 6.38. The van der Waals surface area contributed by atoms with Gasteiger partial charge in [-0.3, -0.25) is 0 Å². The van der Waals surface area contributed by atoms with Crippen molar-refractivity contribution in [1.82, 2.24) is 0 Å². The van der Waals surface area contributed by atoms with Gasteiger partial charge < -0.3 is 9.52 Å². The van der Waals surface area contributed by atoms with Gasteiger partial charge in [-0.2, -0.15) is 0 Å². The van der Waals surface area contributed by atoms with Crippen molar-refractivity contribution in [2.24, 2.45) is 0 Å². The average molecular weight is 461 g/mol. The van der Waals surface area contributed by atoms with Gasteiger partial charge >= 0.3 is 0 Å². The number of hydrogen-bond acceptors (Lipinski definition) is 2. The molecule has 0 spiro atoms. The molecular formula is C34H20O2. The van der Waals surface area contributed by atoms with Gasteiger partial charge in [-0.1, -0.05) is 91.0 Å². The second-order valence-electron chi connectivity index (χ2n) is 9.45. The van der Waals surface area contributed by atoms with Crippen LogP contribution in [0.1, 0.15) is 0 Å². The Labute approximate surface area is 207 Å². The minimum absolute atomic E-state index is 0.273. The van der Waals surface area contributed by atoms with Crippen molar-refractivity contribution in [3.05, 3.63) is 115 Å². The molecule has 36 heavy (non-hydrogen) atoms. The highest BCUT2D eigenvalue weighted by Gasteiger charge is 2.21. The van der Waals surface area contributed by atoms with Gasteiger partial charge in [0.1, 0.15) is 16.9 Å². The number of phenolic OH excluding ortho intramolecular Hbond substituents is 1. The third-order valence-corrected chi connectivity index (χ3v) is 7.51. The summed E-state index contributed by atoms with van der Waals surface area (Å²) < 4.78 is 6.45. The number of rotatable bonds is 2. The summed E-state index contributed by atoms with van der Waals surface area (Å²) in [6.07, 6.45) is 0. The van der Waals surface area contributed by atoms with Crippen LogP contribution in [0.25, 0.3) is 76.5 Å². The molecule has 0 fully saturated rings. The van der Waals surface area contributed by atoms with Crippen LogP contribution in [0.2, 0.25) is 0 Å². The summed E-state index contributed by atoms with van der Waals surface area (Å²) in [5, 5.41) is 19.5. The molecule has 0 amide bonds. The van der Waals surface area contributed by atoms with Crippen LogP contribution >= 0.6 is 0 Å². The standard InChI is InChI=1S/C34H20O2/c35-22-17-15-20(16-18-22)23-8-1-2-9-24(23)29-19-21-7-5-13-28-31(21)32-25(29)11-6-12-27(32)33-26-10-3-4-14-30(26)36-34(28)33/h1-19,35H. The first kappa shape index (κ1) is 19.5. The summed E-state index contributed by atoms with van der Waals surface area (Å²) in [7, 11) is 0. The lowest BCUT2D eigenvalue weighted by atomic mass is 9.85. The van der Waals surface area contributed by atoms with Gasteiger partial charge in [-0.05, 0) is 68.1 Å². The van der Waals surface area contributed by atoms with Gasteiger partial charge in [0, 0.05) is 21.5 Å². The Morgan fingerprint density at radius 1 is 0.472 bits per heavy atom. The van der Waals surface area contributed by atoms with Crippen LogP contribution in [0.3, 0.4) is 0 Å². The number of benzene rings is 7. The van der Waals surface area contributed by atoms with Crippen LogP contribution in [0.4, 0.5) is 0 Å². The molecule has 168 valence electrons. The molecule has 0 aliphatic carbocycles. The number of para-hydroxylation sites is 1. The monoisotopic (exact) mass is 460 g/mol. The fraction of sp³-hybridized carbons (Fsp3) is 0. The molecular weight excluding hydrogens is 440 g/mol. The van der Waals surface area contributed by atoms with Crippen molar-refractivity contribution in [2.45, 2.75) is 0 Å². The SMILES string of the molecule is Oc1ccc(-c2ccccc2-c2cc3cccc4c5oc6ccccc6c5c5cccc2c5c34)cc1. The Hall–Kier alpha value is -4.82. The quantitative estimate of drug-likeness (QED) is 0.261. The molecule has 0 unspecified atom stereocenters. The maximum atomic E-state index is 9.84. The lowest BCUT2D eigenvalue weighted by Crippen LogP contribution is -1.91. The molecule has 1 aromatic heterocycles. The van der Waals surface area contributed by atoms with Crippen molar-refractivity contribution >= 4 is 54.3 Å². The fourth-order valence-corrected chi connectivity index (χ4v) is 5.98. The first-order valence-corrected chi connectivity index (χ1v) is 12.2. The van der Waals surface area contributed by atoms with E-state index in [2.05, 4.69) is 84.9 Å². The molecule has 0 aliphatic rings. The molecule has 8 aromatic rings. The first-order chi connectivity index (χ1) is 17.8. The smallest absolute Gasteiger partial charge is 0.143 e. The van der Waals surface area contributed by atoms with Crippen LogP contribution in [-0.2, 0) is 0 Å². The number of fused-ring (bicyclic) bond motifs is 5. The van der Waals surface area contributed by atoms with Gasteiger partial charge in [-0.15, -0.1) is 0 Å².